The second-order valence-corrected chi connectivity index (χ2v) is 7.93. The van der Waals surface area contributed by atoms with Crippen molar-refractivity contribution in [1.29, 1.82) is 0 Å². The number of ether oxygens (including phenoxy) is 2. The summed E-state index contributed by atoms with van der Waals surface area (Å²) in [5.74, 6) is -5.11. The van der Waals surface area contributed by atoms with E-state index in [4.69, 9.17) is 14.6 Å². The molecule has 31 heavy (non-hydrogen) atoms. The third-order valence-corrected chi connectivity index (χ3v) is 5.72. The number of unbranched alkanes of at least 4 members (excludes halogenated alkanes) is 1. The van der Waals surface area contributed by atoms with Gasteiger partial charge in [-0.2, -0.15) is 4.39 Å². The molecule has 1 fully saturated rings. The van der Waals surface area contributed by atoms with E-state index in [9.17, 15) is 18.0 Å². The van der Waals surface area contributed by atoms with Crippen LogP contribution in [-0.2, 0) is 6.42 Å². The lowest BCUT2D eigenvalue weighted by Gasteiger charge is -2.32. The summed E-state index contributed by atoms with van der Waals surface area (Å²) < 4.78 is 51.2. The molecule has 0 aliphatic carbocycles. The Balaban J connectivity index is 1.51. The molecule has 1 aromatic heterocycles. The van der Waals surface area contributed by atoms with Gasteiger partial charge in [0.15, 0.2) is 28.3 Å². The maximum absolute atomic E-state index is 13.8. The van der Waals surface area contributed by atoms with Crippen LogP contribution in [-0.4, -0.2) is 53.9 Å². The molecule has 0 saturated carbocycles. The number of aromatic nitrogens is 1. The number of rotatable bonds is 8. The van der Waals surface area contributed by atoms with Gasteiger partial charge in [-0.25, -0.2) is 18.6 Å². The Morgan fingerprint density at radius 1 is 1.29 bits per heavy atom. The highest BCUT2D eigenvalue weighted by atomic mass is 32.1. The Morgan fingerprint density at radius 2 is 2.03 bits per heavy atom. The normalized spacial score (nSPS) is 14.5. The van der Waals surface area contributed by atoms with Gasteiger partial charge < -0.3 is 19.5 Å². The number of hydrogen-bond acceptors (Lipinski definition) is 6. The fraction of sp³-hybridized carbons (Fsp3) is 0.500. The van der Waals surface area contributed by atoms with E-state index in [1.54, 1.807) is 4.90 Å². The summed E-state index contributed by atoms with van der Waals surface area (Å²) in [6, 6.07) is 0.475. The number of nitrogens with zero attached hydrogens (tertiary/aromatic N) is 2. The van der Waals surface area contributed by atoms with E-state index in [1.165, 1.54) is 11.3 Å². The summed E-state index contributed by atoms with van der Waals surface area (Å²) in [4.78, 5) is 18.5. The van der Waals surface area contributed by atoms with E-state index in [-0.39, 0.29) is 18.4 Å². The highest BCUT2D eigenvalue weighted by molar-refractivity contribution is 7.13. The number of hydrogen-bond donors (Lipinski definition) is 2. The Hall–Kier alpha value is -2.53. The van der Waals surface area contributed by atoms with Crippen LogP contribution >= 0.6 is 11.3 Å². The van der Waals surface area contributed by atoms with Gasteiger partial charge in [0.05, 0.1) is 12.8 Å². The van der Waals surface area contributed by atoms with E-state index < -0.39 is 29.3 Å². The van der Waals surface area contributed by atoms with Crippen molar-refractivity contribution in [2.45, 2.75) is 38.2 Å². The molecule has 11 heteroatoms. The van der Waals surface area contributed by atoms with Crippen LogP contribution < -0.4 is 14.8 Å². The lowest BCUT2D eigenvalue weighted by Crippen LogP contribution is -2.43. The number of nitrogens with one attached hydrogen (secondary N) is 1. The Bertz CT molecular complexity index is 904. The second kappa shape index (κ2) is 10.7. The van der Waals surface area contributed by atoms with E-state index >= 15 is 0 Å². The number of likely N-dealkylation sites (tertiary alicyclic amines) is 1. The molecule has 170 valence electrons. The fourth-order valence-electron chi connectivity index (χ4n) is 3.26. The molecule has 0 atom stereocenters. The number of anilines is 1. The molecule has 2 aromatic rings. The van der Waals surface area contributed by atoms with Gasteiger partial charge in [0, 0.05) is 44.0 Å². The van der Waals surface area contributed by atoms with Gasteiger partial charge in [-0.15, -0.1) is 11.3 Å². The van der Waals surface area contributed by atoms with Crippen LogP contribution in [0.2, 0.25) is 0 Å². The lowest BCUT2D eigenvalue weighted by atomic mass is 10.1. The van der Waals surface area contributed by atoms with Gasteiger partial charge in [-0.3, -0.25) is 5.32 Å². The number of urea groups is 1. The number of halogens is 3. The van der Waals surface area contributed by atoms with Gasteiger partial charge in [0.2, 0.25) is 5.82 Å². The standard InChI is InChI=1S/C20H24F3N3O4S/c1-29-18-15(10-14(21)16(22)17(18)23)30-13-5-7-26(8-6-13)20(28)25-19-24-12(11-31-19)4-2-3-9-27/h10-11,13,27H,2-9H2,1H3,(H,24,25,28). The molecular weight excluding hydrogens is 435 g/mol. The minimum Gasteiger partial charge on any atom is -0.490 e. The zero-order chi connectivity index (χ0) is 22.4. The van der Waals surface area contributed by atoms with Crippen LogP contribution in [0.5, 0.6) is 11.5 Å². The Kier molecular flexibility index (Phi) is 7.97. The molecule has 0 bridgehead atoms. The van der Waals surface area contributed by atoms with Gasteiger partial charge >= 0.3 is 6.03 Å². The minimum absolute atomic E-state index is 0.144. The van der Waals surface area contributed by atoms with Gasteiger partial charge in [-0.1, -0.05) is 0 Å². The van der Waals surface area contributed by atoms with Crippen LogP contribution in [0.25, 0.3) is 0 Å². The predicted molar refractivity (Wildman–Crippen MR) is 109 cm³/mol. The number of thiazole rings is 1. The number of amides is 2. The zero-order valence-electron chi connectivity index (χ0n) is 17.0. The van der Waals surface area contributed by atoms with Crippen LogP contribution in [0, 0.1) is 17.5 Å². The van der Waals surface area contributed by atoms with Crippen LogP contribution in [0.15, 0.2) is 11.4 Å². The number of piperidine rings is 1. The maximum Gasteiger partial charge on any atom is 0.323 e. The number of carbonyl (C=O) groups is 1. The smallest absolute Gasteiger partial charge is 0.323 e. The summed E-state index contributed by atoms with van der Waals surface area (Å²) >= 11 is 1.34. The number of methoxy groups -OCH3 is 1. The van der Waals surface area contributed by atoms with E-state index in [0.29, 0.717) is 37.5 Å². The van der Waals surface area contributed by atoms with E-state index in [2.05, 4.69) is 10.3 Å². The highest BCUT2D eigenvalue weighted by Crippen LogP contribution is 2.35. The molecule has 2 amide bonds. The van der Waals surface area contributed by atoms with Gasteiger partial charge in [-0.05, 0) is 19.3 Å². The molecule has 1 aliphatic heterocycles. The van der Waals surface area contributed by atoms with Gasteiger partial charge in [0.25, 0.3) is 0 Å². The van der Waals surface area contributed by atoms with Crippen molar-refractivity contribution in [2.24, 2.45) is 0 Å². The molecule has 1 aromatic carbocycles. The van der Waals surface area contributed by atoms with Crippen LogP contribution in [0.3, 0.4) is 0 Å². The summed E-state index contributed by atoms with van der Waals surface area (Å²) in [6.45, 7) is 0.893. The zero-order valence-corrected chi connectivity index (χ0v) is 17.8. The Labute approximate surface area is 181 Å². The van der Waals surface area contributed by atoms with Crippen molar-refractivity contribution in [1.82, 2.24) is 9.88 Å². The Morgan fingerprint density at radius 3 is 2.71 bits per heavy atom. The monoisotopic (exact) mass is 459 g/mol. The van der Waals surface area contributed by atoms with Crippen molar-refractivity contribution < 1.29 is 32.5 Å². The summed E-state index contributed by atoms with van der Waals surface area (Å²) in [7, 11) is 1.15. The first kappa shape index (κ1) is 23.1. The highest BCUT2D eigenvalue weighted by Gasteiger charge is 2.27. The molecule has 1 aliphatic rings. The van der Waals surface area contributed by atoms with Crippen molar-refractivity contribution in [3.63, 3.8) is 0 Å². The third-order valence-electron chi connectivity index (χ3n) is 4.92. The molecule has 0 spiro atoms. The van der Waals surface area contributed by atoms with Crippen molar-refractivity contribution in [3.05, 3.63) is 34.6 Å². The second-order valence-electron chi connectivity index (χ2n) is 7.08. The van der Waals surface area contributed by atoms with E-state index in [0.717, 1.165) is 31.7 Å². The van der Waals surface area contributed by atoms with E-state index in [1.807, 2.05) is 5.38 Å². The topological polar surface area (TPSA) is 83.9 Å². The first-order chi connectivity index (χ1) is 14.9. The average molecular weight is 459 g/mol. The SMILES string of the molecule is COc1c(OC2CCN(C(=O)Nc3nc(CCCCO)cs3)CC2)cc(F)c(F)c1F. The fourth-order valence-corrected chi connectivity index (χ4v) is 3.99. The summed E-state index contributed by atoms with van der Waals surface area (Å²) in [5, 5.41) is 14.0. The van der Waals surface area contributed by atoms with Crippen molar-refractivity contribution >= 4 is 22.5 Å². The first-order valence-electron chi connectivity index (χ1n) is 9.92. The quantitative estimate of drug-likeness (QED) is 0.461. The average Bonchev–Trinajstić information content (AvgIpc) is 3.20. The molecule has 3 rings (SSSR count). The number of carbonyl (C=O) groups excluding carboxylic acids is 1. The molecule has 2 heterocycles. The summed E-state index contributed by atoms with van der Waals surface area (Å²) in [5.41, 5.74) is 0.869. The van der Waals surface area contributed by atoms with Crippen LogP contribution in [0.4, 0.5) is 23.1 Å². The van der Waals surface area contributed by atoms with Crippen LogP contribution in [0.1, 0.15) is 31.4 Å². The van der Waals surface area contributed by atoms with Crippen molar-refractivity contribution in [3.8, 4) is 11.5 Å². The lowest BCUT2D eigenvalue weighted by molar-refractivity contribution is 0.111. The molecule has 7 nitrogen and oxygen atoms in total. The maximum atomic E-state index is 13.8. The molecular formula is C20H24F3N3O4S. The molecule has 0 unspecified atom stereocenters. The third kappa shape index (κ3) is 5.79. The van der Waals surface area contributed by atoms with Crippen molar-refractivity contribution in [2.75, 3.05) is 32.1 Å². The van der Waals surface area contributed by atoms with Gasteiger partial charge in [0.1, 0.15) is 6.10 Å². The number of benzene rings is 1. The predicted octanol–water partition coefficient (Wildman–Crippen LogP) is 3.96. The largest absolute Gasteiger partial charge is 0.490 e. The molecule has 2 N–H and O–H groups in total. The molecule has 1 saturated heterocycles. The number of aryl methyl sites for hydroxylation is 1. The number of aliphatic hydroxyl groups is 1. The molecule has 0 radical (unpaired) electrons. The summed E-state index contributed by atoms with van der Waals surface area (Å²) in [6.07, 6.45) is 2.74. The minimum atomic E-state index is -1.62. The number of aliphatic hydroxyl groups excluding tert-OH is 1. The first-order valence-corrected chi connectivity index (χ1v) is 10.8.